The maximum absolute atomic E-state index is 13.5. The first-order chi connectivity index (χ1) is 22.7. The number of amides is 3. The van der Waals surface area contributed by atoms with E-state index < -0.39 is 23.9 Å². The van der Waals surface area contributed by atoms with Crippen molar-refractivity contribution in [3.63, 3.8) is 0 Å². The molecule has 12 heteroatoms. The van der Waals surface area contributed by atoms with Crippen LogP contribution in [0.3, 0.4) is 0 Å². The van der Waals surface area contributed by atoms with Gasteiger partial charge in [-0.25, -0.2) is 14.4 Å². The van der Waals surface area contributed by atoms with Crippen molar-refractivity contribution in [1.29, 1.82) is 0 Å². The van der Waals surface area contributed by atoms with Gasteiger partial charge in [-0.1, -0.05) is 24.3 Å². The average Bonchev–Trinajstić information content (AvgIpc) is 3.08. The summed E-state index contributed by atoms with van der Waals surface area (Å²) in [6.07, 6.45) is 0.954. The number of nitrogens with one attached hydrogen (secondary N) is 3. The van der Waals surface area contributed by atoms with Crippen LogP contribution in [0.1, 0.15) is 49.1 Å². The van der Waals surface area contributed by atoms with Crippen molar-refractivity contribution in [2.24, 2.45) is 5.92 Å². The molecule has 3 amide bonds. The van der Waals surface area contributed by atoms with Gasteiger partial charge in [0.05, 0.1) is 36.7 Å². The fourth-order valence-corrected chi connectivity index (χ4v) is 6.33. The van der Waals surface area contributed by atoms with Crippen molar-refractivity contribution in [3.05, 3.63) is 118 Å². The van der Waals surface area contributed by atoms with Crippen LogP contribution in [0, 0.1) is 5.92 Å². The van der Waals surface area contributed by atoms with Gasteiger partial charge in [-0.2, -0.15) is 0 Å². The van der Waals surface area contributed by atoms with Crippen LogP contribution in [-0.2, 0) is 16.0 Å². The van der Waals surface area contributed by atoms with Gasteiger partial charge in [0.1, 0.15) is 0 Å². The van der Waals surface area contributed by atoms with Crippen molar-refractivity contribution < 1.29 is 28.7 Å². The lowest BCUT2D eigenvalue weighted by molar-refractivity contribution is 0.0598. The summed E-state index contributed by atoms with van der Waals surface area (Å²) in [4.78, 5) is 66.0. The molecule has 0 aliphatic carbocycles. The number of urea groups is 1. The molecule has 1 saturated heterocycles. The Morgan fingerprint density at radius 3 is 2.13 bits per heavy atom. The van der Waals surface area contributed by atoms with E-state index in [-0.39, 0.29) is 39.8 Å². The molecule has 12 nitrogen and oxygen atoms in total. The summed E-state index contributed by atoms with van der Waals surface area (Å²) >= 11 is 0. The predicted molar refractivity (Wildman–Crippen MR) is 176 cm³/mol. The van der Waals surface area contributed by atoms with Crippen molar-refractivity contribution >= 4 is 46.6 Å². The minimum absolute atomic E-state index is 0.00298. The van der Waals surface area contributed by atoms with E-state index in [1.54, 1.807) is 42.5 Å². The molecule has 2 aliphatic heterocycles. The third-order valence-corrected chi connectivity index (χ3v) is 8.39. The molecule has 4 aromatic rings. The van der Waals surface area contributed by atoms with E-state index in [1.807, 2.05) is 28.8 Å². The Balaban J connectivity index is 1.31. The molecule has 0 saturated carbocycles. The minimum atomic E-state index is -0.690. The molecule has 240 valence electrons. The van der Waals surface area contributed by atoms with Crippen LogP contribution in [0.25, 0.3) is 0 Å². The first-order valence-corrected chi connectivity index (χ1v) is 15.1. The fourth-order valence-electron chi connectivity index (χ4n) is 6.33. The number of hydrogen-bond acceptors (Lipinski definition) is 8. The number of hydrogen-bond donors (Lipinski definition) is 3. The summed E-state index contributed by atoms with van der Waals surface area (Å²) < 4.78 is 11.5. The number of pyridine rings is 1. The molecule has 2 bridgehead atoms. The summed E-state index contributed by atoms with van der Waals surface area (Å²) in [5.74, 6) is -1.57. The Kier molecular flexibility index (Phi) is 8.74. The number of ether oxygens (including phenoxy) is 2. The number of para-hydroxylation sites is 1. The highest BCUT2D eigenvalue weighted by Gasteiger charge is 2.35. The Hall–Kier alpha value is -5.91. The quantitative estimate of drug-likeness (QED) is 0.242. The zero-order valence-electron chi connectivity index (χ0n) is 25.8. The molecule has 47 heavy (non-hydrogen) atoms. The van der Waals surface area contributed by atoms with E-state index in [1.165, 1.54) is 32.4 Å². The number of rotatable bonds is 7. The Morgan fingerprint density at radius 2 is 1.43 bits per heavy atom. The van der Waals surface area contributed by atoms with Gasteiger partial charge in [0, 0.05) is 54.3 Å². The topological polar surface area (TPSA) is 148 Å². The molecular formula is C35H33N5O7. The highest BCUT2D eigenvalue weighted by Crippen LogP contribution is 2.39. The number of aromatic nitrogens is 1. The molecule has 3 heterocycles. The van der Waals surface area contributed by atoms with Gasteiger partial charge < -0.3 is 34.9 Å². The molecule has 0 unspecified atom stereocenters. The van der Waals surface area contributed by atoms with Crippen molar-refractivity contribution in [2.75, 3.05) is 48.2 Å². The first kappa shape index (κ1) is 31.1. The number of fused-ring (bicyclic) bond motifs is 4. The fraction of sp³-hybridized carbons (Fsp3) is 0.229. The van der Waals surface area contributed by atoms with Gasteiger partial charge in [-0.3, -0.25) is 9.59 Å². The Bertz CT molecular complexity index is 1890. The minimum Gasteiger partial charge on any atom is -0.465 e. The zero-order valence-corrected chi connectivity index (χ0v) is 25.8. The van der Waals surface area contributed by atoms with E-state index in [4.69, 9.17) is 9.47 Å². The zero-order chi connectivity index (χ0) is 33.1. The monoisotopic (exact) mass is 635 g/mol. The third kappa shape index (κ3) is 6.71. The summed E-state index contributed by atoms with van der Waals surface area (Å²) in [6, 6.07) is 23.0. The van der Waals surface area contributed by atoms with E-state index in [0.717, 1.165) is 17.8 Å². The van der Waals surface area contributed by atoms with Crippen LogP contribution in [0.5, 0.6) is 0 Å². The number of esters is 2. The lowest BCUT2D eigenvalue weighted by atomic mass is 9.83. The van der Waals surface area contributed by atoms with Gasteiger partial charge >= 0.3 is 18.0 Å². The van der Waals surface area contributed by atoms with Gasteiger partial charge in [-0.05, 0) is 66.9 Å². The summed E-state index contributed by atoms with van der Waals surface area (Å²) in [7, 11) is 2.42. The number of anilines is 4. The van der Waals surface area contributed by atoms with Gasteiger partial charge in [0.2, 0.25) is 0 Å². The molecule has 2 aliphatic rings. The highest BCUT2D eigenvalue weighted by molar-refractivity contribution is 6.08. The van der Waals surface area contributed by atoms with Crippen molar-refractivity contribution in [1.82, 2.24) is 4.57 Å². The van der Waals surface area contributed by atoms with Crippen LogP contribution >= 0.6 is 0 Å². The van der Waals surface area contributed by atoms with Gasteiger partial charge in [0.15, 0.2) is 0 Å². The molecule has 1 fully saturated rings. The highest BCUT2D eigenvalue weighted by atomic mass is 16.5. The first-order valence-electron chi connectivity index (χ1n) is 15.1. The summed E-state index contributed by atoms with van der Waals surface area (Å²) in [5, 5.41) is 8.48. The second kappa shape index (κ2) is 13.2. The van der Waals surface area contributed by atoms with E-state index in [0.29, 0.717) is 31.0 Å². The Morgan fingerprint density at radius 1 is 0.702 bits per heavy atom. The Labute approximate surface area is 270 Å². The number of nitrogens with zero attached hydrogens (tertiary/aromatic N) is 2. The lowest BCUT2D eigenvalue weighted by Crippen LogP contribution is -2.47. The second-order valence-electron chi connectivity index (χ2n) is 11.5. The summed E-state index contributed by atoms with van der Waals surface area (Å²) in [5.41, 5.74) is 3.24. The molecule has 1 aromatic heterocycles. The molecule has 3 aromatic carbocycles. The van der Waals surface area contributed by atoms with Crippen LogP contribution in [0.15, 0.2) is 89.7 Å². The second-order valence-corrected chi connectivity index (χ2v) is 11.5. The van der Waals surface area contributed by atoms with Crippen LogP contribution in [-0.4, -0.2) is 55.8 Å². The van der Waals surface area contributed by atoms with Gasteiger partial charge in [-0.15, -0.1) is 0 Å². The third-order valence-electron chi connectivity index (χ3n) is 8.39. The molecular weight excluding hydrogens is 602 g/mol. The lowest BCUT2D eigenvalue weighted by Gasteiger charge is -2.44. The van der Waals surface area contributed by atoms with Crippen LogP contribution in [0.2, 0.25) is 0 Å². The average molecular weight is 636 g/mol. The molecule has 6 rings (SSSR count). The van der Waals surface area contributed by atoms with Crippen molar-refractivity contribution in [3.8, 4) is 0 Å². The van der Waals surface area contributed by atoms with E-state index in [2.05, 4.69) is 20.9 Å². The van der Waals surface area contributed by atoms with Crippen LogP contribution < -0.4 is 26.4 Å². The van der Waals surface area contributed by atoms with Crippen LogP contribution in [0.4, 0.5) is 27.5 Å². The SMILES string of the molecule is COC(=O)c1cc(NC(=O)c2ccc(N3C[C@H]4C[C@@H](C3)c3cccc(=O)n3C4)c(NC(=O)Nc3ccccc3)c2)cc(C(=O)OC)c1. The number of carbonyl (C=O) groups excluding carboxylic acids is 4. The van der Waals surface area contributed by atoms with Gasteiger partial charge in [0.25, 0.3) is 11.5 Å². The number of benzene rings is 3. The molecule has 2 atom stereocenters. The summed E-state index contributed by atoms with van der Waals surface area (Å²) in [6.45, 7) is 1.89. The maximum Gasteiger partial charge on any atom is 0.337 e. The number of piperidine rings is 1. The standard InChI is InChI=1S/C35H33N5O7/c1-46-33(43)23-14-24(34(44)47-2)16-27(15-23)36-32(42)22-11-12-30(28(17-22)38-35(45)37-26-7-4-3-5-8-26)39-18-21-13-25(20-39)29-9-6-10-31(41)40(29)19-21/h3-12,14-17,21,25H,13,18-20H2,1-2H3,(H,36,42)(H2,37,38,45)/t21-,25+/m1/s1. The smallest absolute Gasteiger partial charge is 0.337 e. The predicted octanol–water partition coefficient (Wildman–Crippen LogP) is 4.94. The van der Waals surface area contributed by atoms with E-state index in [9.17, 15) is 24.0 Å². The van der Waals surface area contributed by atoms with Crippen molar-refractivity contribution in [2.45, 2.75) is 18.9 Å². The normalized spacial score (nSPS) is 16.3. The molecule has 0 radical (unpaired) electrons. The molecule has 0 spiro atoms. The van der Waals surface area contributed by atoms with E-state index >= 15 is 0 Å². The number of methoxy groups -OCH3 is 2. The number of carbonyl (C=O) groups is 4. The molecule has 3 N–H and O–H groups in total. The maximum atomic E-state index is 13.5. The largest absolute Gasteiger partial charge is 0.465 e.